The number of para-hydroxylation sites is 1. The monoisotopic (exact) mass is 415 g/mol. The van der Waals surface area contributed by atoms with Crippen LogP contribution in [0.2, 0.25) is 0 Å². The summed E-state index contributed by atoms with van der Waals surface area (Å²) < 4.78 is 78.4. The van der Waals surface area contributed by atoms with E-state index < -0.39 is 57.0 Å². The van der Waals surface area contributed by atoms with Gasteiger partial charge in [0.1, 0.15) is 23.8 Å². The molecular weight excluding hydrogens is 399 g/mol. The predicted octanol–water partition coefficient (Wildman–Crippen LogP) is 2.49. The third-order valence-corrected chi connectivity index (χ3v) is 6.23. The van der Waals surface area contributed by atoms with Crippen molar-refractivity contribution in [3.05, 3.63) is 59.9 Å². The molecule has 3 rings (SSSR count). The highest BCUT2D eigenvalue weighted by Gasteiger charge is 2.47. The zero-order valence-electron chi connectivity index (χ0n) is 14.6. The Morgan fingerprint density at radius 1 is 1.04 bits per heavy atom. The molecule has 1 aliphatic heterocycles. The van der Waals surface area contributed by atoms with Crippen molar-refractivity contribution in [2.75, 3.05) is 13.7 Å². The van der Waals surface area contributed by atoms with Gasteiger partial charge >= 0.3 is 5.97 Å². The second-order valence-electron chi connectivity index (χ2n) is 6.07. The highest BCUT2D eigenvalue weighted by Crippen LogP contribution is 2.32. The summed E-state index contributed by atoms with van der Waals surface area (Å²) in [6.45, 7) is -0.412. The van der Waals surface area contributed by atoms with Crippen LogP contribution < -0.4 is 4.74 Å². The summed E-state index contributed by atoms with van der Waals surface area (Å²) in [4.78, 5) is 10.9. The summed E-state index contributed by atoms with van der Waals surface area (Å²) in [7, 11) is -3.67. The molecule has 0 radical (unpaired) electrons. The van der Waals surface area contributed by atoms with Crippen molar-refractivity contribution >= 4 is 16.0 Å². The molecule has 2 unspecified atom stereocenters. The molecule has 2 aromatic rings. The number of ether oxygens (including phenoxy) is 2. The Balaban J connectivity index is 1.96. The van der Waals surface area contributed by atoms with Gasteiger partial charge in [0.05, 0.1) is 13.7 Å². The molecule has 1 saturated heterocycles. The number of halogens is 3. The molecule has 0 spiro atoms. The summed E-state index contributed by atoms with van der Waals surface area (Å²) in [5.74, 6) is -4.30. The molecule has 10 heteroatoms. The molecule has 2 atom stereocenters. The van der Waals surface area contributed by atoms with Crippen molar-refractivity contribution in [1.29, 1.82) is 0 Å². The van der Waals surface area contributed by atoms with E-state index in [4.69, 9.17) is 4.74 Å². The van der Waals surface area contributed by atoms with Gasteiger partial charge in [-0.3, -0.25) is 4.79 Å². The highest BCUT2D eigenvalue weighted by atomic mass is 32.2. The smallest absolute Gasteiger partial charge is 0.324 e. The molecule has 1 heterocycles. The highest BCUT2D eigenvalue weighted by molar-refractivity contribution is 7.89. The fourth-order valence-electron chi connectivity index (χ4n) is 3.04. The minimum Gasteiger partial charge on any atom is -0.486 e. The van der Waals surface area contributed by atoms with E-state index in [1.807, 2.05) is 0 Å². The van der Waals surface area contributed by atoms with E-state index in [0.717, 1.165) is 31.4 Å². The van der Waals surface area contributed by atoms with Gasteiger partial charge < -0.3 is 9.47 Å². The maximum Gasteiger partial charge on any atom is 0.324 e. The van der Waals surface area contributed by atoms with Crippen molar-refractivity contribution in [3.8, 4) is 5.75 Å². The van der Waals surface area contributed by atoms with E-state index in [2.05, 4.69) is 4.74 Å². The second-order valence-corrected chi connectivity index (χ2v) is 7.90. The third kappa shape index (κ3) is 3.69. The molecule has 1 aliphatic rings. The Morgan fingerprint density at radius 2 is 1.64 bits per heavy atom. The first-order chi connectivity index (χ1) is 13.3. The van der Waals surface area contributed by atoms with Crippen LogP contribution in [0.3, 0.4) is 0 Å². The fourth-order valence-corrected chi connectivity index (χ4v) is 4.77. The standard InChI is InChI=1S/C18H16F3NO5S/c1-26-18(23)15-9-11(27-16-8-3-2-5-12(16)19)10-22(15)28(24,25)17-13(20)6-4-7-14(17)21/h2-8,11,15H,9-10H2,1H3. The number of nitrogens with zero attached hydrogens (tertiary/aromatic N) is 1. The van der Waals surface area contributed by atoms with Gasteiger partial charge in [-0.05, 0) is 24.3 Å². The quantitative estimate of drug-likeness (QED) is 0.702. The van der Waals surface area contributed by atoms with Gasteiger partial charge in [-0.25, -0.2) is 21.6 Å². The predicted molar refractivity (Wildman–Crippen MR) is 91.5 cm³/mol. The molecular formula is C18H16F3NO5S. The Bertz CT molecular complexity index is 978. The van der Waals surface area contributed by atoms with Crippen molar-refractivity contribution in [3.63, 3.8) is 0 Å². The molecule has 150 valence electrons. The van der Waals surface area contributed by atoms with E-state index in [-0.39, 0.29) is 12.2 Å². The zero-order chi connectivity index (χ0) is 20.5. The van der Waals surface area contributed by atoms with Gasteiger partial charge in [0.15, 0.2) is 16.5 Å². The average molecular weight is 415 g/mol. The molecule has 6 nitrogen and oxygen atoms in total. The van der Waals surface area contributed by atoms with Gasteiger partial charge in [-0.2, -0.15) is 4.31 Å². The van der Waals surface area contributed by atoms with Gasteiger partial charge in [0.2, 0.25) is 10.0 Å². The largest absolute Gasteiger partial charge is 0.486 e. The Hall–Kier alpha value is -2.59. The number of benzene rings is 2. The van der Waals surface area contributed by atoms with Crippen LogP contribution in [0.4, 0.5) is 13.2 Å². The lowest BCUT2D eigenvalue weighted by atomic mass is 10.2. The Kier molecular flexibility index (Phi) is 5.61. The molecule has 0 aliphatic carbocycles. The number of carbonyl (C=O) groups excluding carboxylic acids is 1. The fraction of sp³-hybridized carbons (Fsp3) is 0.278. The number of sulfonamides is 1. The summed E-state index contributed by atoms with van der Waals surface area (Å²) in [5, 5.41) is 0. The SMILES string of the molecule is COC(=O)C1CC(Oc2ccccc2F)CN1S(=O)(=O)c1c(F)cccc1F. The minimum absolute atomic E-state index is 0.132. The van der Waals surface area contributed by atoms with Crippen molar-refractivity contribution in [2.45, 2.75) is 23.5 Å². The van der Waals surface area contributed by atoms with E-state index >= 15 is 0 Å². The van der Waals surface area contributed by atoms with E-state index in [9.17, 15) is 26.4 Å². The number of hydrogen-bond donors (Lipinski definition) is 0. The number of rotatable bonds is 5. The third-order valence-electron chi connectivity index (χ3n) is 4.31. The van der Waals surface area contributed by atoms with Crippen LogP contribution in [0, 0.1) is 17.5 Å². The summed E-state index contributed by atoms with van der Waals surface area (Å²) in [5.41, 5.74) is 0. The topological polar surface area (TPSA) is 72.9 Å². The molecule has 0 N–H and O–H groups in total. The van der Waals surface area contributed by atoms with Crippen LogP contribution in [0.5, 0.6) is 5.75 Å². The number of esters is 1. The van der Waals surface area contributed by atoms with Gasteiger partial charge in [0.25, 0.3) is 0 Å². The zero-order valence-corrected chi connectivity index (χ0v) is 15.5. The van der Waals surface area contributed by atoms with Crippen LogP contribution in [-0.2, 0) is 19.6 Å². The summed E-state index contributed by atoms with van der Waals surface area (Å²) in [6.07, 6.45) is -1.10. The van der Waals surface area contributed by atoms with Crippen LogP contribution in [0.15, 0.2) is 47.4 Å². The Labute approximate surface area is 159 Å². The first-order valence-electron chi connectivity index (χ1n) is 8.20. The van der Waals surface area contributed by atoms with Gasteiger partial charge in [0, 0.05) is 6.42 Å². The molecule has 2 aromatic carbocycles. The second kappa shape index (κ2) is 7.80. The van der Waals surface area contributed by atoms with Gasteiger partial charge in [-0.15, -0.1) is 0 Å². The molecule has 0 aromatic heterocycles. The van der Waals surface area contributed by atoms with Crippen LogP contribution in [0.1, 0.15) is 6.42 Å². The van der Waals surface area contributed by atoms with E-state index in [1.165, 1.54) is 18.2 Å². The lowest BCUT2D eigenvalue weighted by Gasteiger charge is -2.22. The van der Waals surface area contributed by atoms with E-state index in [0.29, 0.717) is 4.31 Å². The lowest BCUT2D eigenvalue weighted by molar-refractivity contribution is -0.144. The number of hydrogen-bond acceptors (Lipinski definition) is 5. The normalized spacial score (nSPS) is 20.1. The molecule has 0 bridgehead atoms. The van der Waals surface area contributed by atoms with Crippen LogP contribution in [-0.4, -0.2) is 44.5 Å². The minimum atomic E-state index is -4.73. The first kappa shape index (κ1) is 20.2. The molecule has 28 heavy (non-hydrogen) atoms. The van der Waals surface area contributed by atoms with Crippen molar-refractivity contribution in [1.82, 2.24) is 4.31 Å². The lowest BCUT2D eigenvalue weighted by Crippen LogP contribution is -2.41. The summed E-state index contributed by atoms with van der Waals surface area (Å²) in [6, 6.07) is 6.72. The Morgan fingerprint density at radius 3 is 2.25 bits per heavy atom. The number of methoxy groups -OCH3 is 1. The van der Waals surface area contributed by atoms with Gasteiger partial charge in [-0.1, -0.05) is 18.2 Å². The molecule has 0 amide bonds. The number of carbonyl (C=O) groups is 1. The maximum atomic E-state index is 14.1. The van der Waals surface area contributed by atoms with Crippen LogP contribution in [0.25, 0.3) is 0 Å². The van der Waals surface area contributed by atoms with Crippen LogP contribution >= 0.6 is 0 Å². The van der Waals surface area contributed by atoms with E-state index in [1.54, 1.807) is 0 Å². The van der Waals surface area contributed by atoms with Crippen molar-refractivity contribution in [2.24, 2.45) is 0 Å². The van der Waals surface area contributed by atoms with Crippen molar-refractivity contribution < 1.29 is 35.9 Å². The molecule has 0 saturated carbocycles. The first-order valence-corrected chi connectivity index (χ1v) is 9.64. The maximum absolute atomic E-state index is 14.1. The summed E-state index contributed by atoms with van der Waals surface area (Å²) >= 11 is 0. The average Bonchev–Trinajstić information content (AvgIpc) is 3.07. The molecule has 1 fully saturated rings.